The standard InChI is InChI=1S/C33H40N6O8S2/c1-46-32(43)20-8-13-39(14-9-20)19-22-5-2-3-6-24(22)23-17-21-10-15-47-28(21)27(18-23)49(44,45)38-25-11-16-48-29(25)30(40)37-26(31(41)42)7-4-12-36-33(34)35/h2-3,5-6,11,16-18,20,26,38H,4,7-10,12-15,19H2,1H3,(H,37,40)(H,41,42)(H4,34,35,36)/t26-/m0/s1. The van der Waals surface area contributed by atoms with Crippen LogP contribution in [0.15, 0.2) is 57.7 Å². The number of sulfonamides is 1. The molecule has 3 aromatic rings. The molecular formula is C33H40N6O8S2. The summed E-state index contributed by atoms with van der Waals surface area (Å²) in [7, 11) is -2.87. The Morgan fingerprint density at radius 2 is 1.92 bits per heavy atom. The summed E-state index contributed by atoms with van der Waals surface area (Å²) in [6, 6.07) is 11.6. The van der Waals surface area contributed by atoms with Gasteiger partial charge in [0, 0.05) is 19.5 Å². The number of fused-ring (bicyclic) bond motifs is 1. The number of esters is 1. The number of anilines is 1. The Kier molecular flexibility index (Phi) is 11.4. The van der Waals surface area contributed by atoms with Crippen LogP contribution < -0.4 is 26.2 Å². The number of thiophene rings is 1. The van der Waals surface area contributed by atoms with Gasteiger partial charge in [-0.1, -0.05) is 24.3 Å². The van der Waals surface area contributed by atoms with Gasteiger partial charge in [-0.2, -0.15) is 0 Å². The fraction of sp³-hybridized carbons (Fsp3) is 0.394. The van der Waals surface area contributed by atoms with Gasteiger partial charge < -0.3 is 31.4 Å². The number of rotatable bonds is 14. The fourth-order valence-corrected chi connectivity index (χ4v) is 8.15. The molecule has 0 saturated carbocycles. The summed E-state index contributed by atoms with van der Waals surface area (Å²) in [6.07, 6.45) is 2.31. The Bertz CT molecular complexity index is 1830. The predicted octanol–water partition coefficient (Wildman–Crippen LogP) is 2.77. The smallest absolute Gasteiger partial charge is 0.326 e. The molecule has 262 valence electrons. The van der Waals surface area contributed by atoms with Gasteiger partial charge in [0.05, 0.1) is 25.3 Å². The van der Waals surface area contributed by atoms with Crippen molar-refractivity contribution in [3.8, 4) is 16.9 Å². The topological polar surface area (TPSA) is 216 Å². The first-order valence-electron chi connectivity index (χ1n) is 15.8. The number of nitrogens with zero attached hydrogens (tertiary/aromatic N) is 2. The minimum atomic E-state index is -4.28. The molecule has 0 radical (unpaired) electrons. The lowest BCUT2D eigenvalue weighted by Gasteiger charge is -2.31. The number of aliphatic imine (C=N–C) groups is 1. The second kappa shape index (κ2) is 15.7. The first kappa shape index (κ1) is 35.6. The van der Waals surface area contributed by atoms with Crippen LogP contribution in [0.1, 0.15) is 46.5 Å². The van der Waals surface area contributed by atoms with Crippen LogP contribution in [0.25, 0.3) is 11.1 Å². The van der Waals surface area contributed by atoms with Gasteiger partial charge in [-0.25, -0.2) is 13.2 Å². The van der Waals surface area contributed by atoms with E-state index in [1.807, 2.05) is 30.3 Å². The highest BCUT2D eigenvalue weighted by Crippen LogP contribution is 2.40. The predicted molar refractivity (Wildman–Crippen MR) is 185 cm³/mol. The lowest BCUT2D eigenvalue weighted by molar-refractivity contribution is -0.147. The number of hydrogen-bond donors (Lipinski definition) is 5. The van der Waals surface area contributed by atoms with Gasteiger partial charge in [0.2, 0.25) is 0 Å². The number of nitrogens with two attached hydrogens (primary N) is 2. The number of piperidine rings is 1. The average Bonchev–Trinajstić information content (AvgIpc) is 3.75. The van der Waals surface area contributed by atoms with E-state index in [4.69, 9.17) is 20.9 Å². The van der Waals surface area contributed by atoms with E-state index in [0.29, 0.717) is 44.4 Å². The molecule has 0 unspecified atom stereocenters. The number of ether oxygens (including phenoxy) is 2. The van der Waals surface area contributed by atoms with Crippen molar-refractivity contribution in [3.05, 3.63) is 63.8 Å². The summed E-state index contributed by atoms with van der Waals surface area (Å²) in [4.78, 5) is 43.1. The molecule has 2 aliphatic rings. The molecule has 1 saturated heterocycles. The van der Waals surface area contributed by atoms with Crippen molar-refractivity contribution in [2.24, 2.45) is 22.4 Å². The summed E-state index contributed by atoms with van der Waals surface area (Å²) in [6.45, 7) is 2.60. The molecule has 0 bridgehead atoms. The first-order chi connectivity index (χ1) is 23.5. The number of carboxylic acids is 1. The molecule has 1 fully saturated rings. The van der Waals surface area contributed by atoms with Crippen LogP contribution in [0.5, 0.6) is 5.75 Å². The molecular weight excluding hydrogens is 673 g/mol. The molecule has 5 rings (SSSR count). The van der Waals surface area contributed by atoms with E-state index >= 15 is 0 Å². The van der Waals surface area contributed by atoms with Gasteiger partial charge in [-0.05, 0) is 84.6 Å². The van der Waals surface area contributed by atoms with Crippen LogP contribution in [-0.4, -0.2) is 81.6 Å². The highest BCUT2D eigenvalue weighted by molar-refractivity contribution is 7.92. The van der Waals surface area contributed by atoms with Crippen molar-refractivity contribution in [2.75, 3.05) is 38.1 Å². The maximum atomic E-state index is 14.0. The molecule has 0 spiro atoms. The SMILES string of the molecule is COC(=O)C1CCN(Cc2ccccc2-c2cc3c(c(S(=O)(=O)Nc4ccsc4C(=O)N[C@@H](CCCN=C(N)N)C(=O)O)c2)OCC3)CC1. The Labute approximate surface area is 288 Å². The van der Waals surface area contributed by atoms with E-state index < -0.39 is 27.9 Å². The van der Waals surface area contributed by atoms with Gasteiger partial charge in [0.1, 0.15) is 21.6 Å². The van der Waals surface area contributed by atoms with Crippen molar-refractivity contribution < 1.29 is 37.4 Å². The van der Waals surface area contributed by atoms with Crippen LogP contribution in [0.3, 0.4) is 0 Å². The van der Waals surface area contributed by atoms with Gasteiger partial charge in [-0.3, -0.25) is 24.2 Å². The Hall–Kier alpha value is -4.67. The number of amides is 1. The zero-order chi connectivity index (χ0) is 35.1. The van der Waals surface area contributed by atoms with Crippen LogP contribution in [0, 0.1) is 5.92 Å². The second-order valence-electron chi connectivity index (χ2n) is 11.9. The zero-order valence-electron chi connectivity index (χ0n) is 27.0. The lowest BCUT2D eigenvalue weighted by Crippen LogP contribution is -2.40. The number of carboxylic acid groups (broad SMARTS) is 1. The number of hydrogen-bond acceptors (Lipinski definition) is 10. The van der Waals surface area contributed by atoms with Gasteiger partial charge in [0.15, 0.2) is 5.96 Å². The average molecular weight is 713 g/mol. The molecule has 1 atom stereocenters. The first-order valence-corrected chi connectivity index (χ1v) is 18.2. The van der Waals surface area contributed by atoms with Gasteiger partial charge in [0.25, 0.3) is 15.9 Å². The summed E-state index contributed by atoms with van der Waals surface area (Å²) in [5.74, 6) is -2.13. The maximum Gasteiger partial charge on any atom is 0.326 e. The molecule has 0 aliphatic carbocycles. The molecule has 14 nitrogen and oxygen atoms in total. The molecule has 7 N–H and O–H groups in total. The van der Waals surface area contributed by atoms with Crippen LogP contribution in [0.4, 0.5) is 5.69 Å². The molecule has 1 amide bonds. The Morgan fingerprint density at radius 3 is 2.63 bits per heavy atom. The maximum absolute atomic E-state index is 14.0. The number of guanidine groups is 1. The molecule has 2 aliphatic heterocycles. The van der Waals surface area contributed by atoms with E-state index in [2.05, 4.69) is 19.9 Å². The number of carbonyl (C=O) groups excluding carboxylic acids is 2. The number of benzene rings is 2. The highest BCUT2D eigenvalue weighted by atomic mass is 32.2. The van der Waals surface area contributed by atoms with Crippen molar-refractivity contribution in [1.82, 2.24) is 10.2 Å². The number of aliphatic carboxylic acids is 1. The molecule has 1 aromatic heterocycles. The number of carbonyl (C=O) groups is 3. The van der Waals surface area contributed by atoms with E-state index in [0.717, 1.165) is 41.1 Å². The van der Waals surface area contributed by atoms with Crippen LogP contribution in [0.2, 0.25) is 0 Å². The largest absolute Gasteiger partial charge is 0.492 e. The van der Waals surface area contributed by atoms with Crippen molar-refractivity contribution in [1.29, 1.82) is 0 Å². The number of likely N-dealkylation sites (tertiary alicyclic amines) is 1. The second-order valence-corrected chi connectivity index (χ2v) is 14.4. The van der Waals surface area contributed by atoms with Crippen molar-refractivity contribution in [3.63, 3.8) is 0 Å². The van der Waals surface area contributed by atoms with E-state index in [1.165, 1.54) is 13.2 Å². The fourth-order valence-electron chi connectivity index (χ4n) is 6.05. The zero-order valence-corrected chi connectivity index (χ0v) is 28.6. The van der Waals surface area contributed by atoms with E-state index in [-0.39, 0.29) is 52.0 Å². The molecule has 16 heteroatoms. The molecule has 49 heavy (non-hydrogen) atoms. The third kappa shape index (κ3) is 8.68. The summed E-state index contributed by atoms with van der Waals surface area (Å²) < 4.78 is 41.3. The van der Waals surface area contributed by atoms with Crippen LogP contribution in [-0.2, 0) is 37.3 Å². The third-order valence-electron chi connectivity index (χ3n) is 8.55. The minimum Gasteiger partial charge on any atom is -0.492 e. The van der Waals surface area contributed by atoms with E-state index in [9.17, 15) is 27.9 Å². The van der Waals surface area contributed by atoms with Gasteiger partial charge in [-0.15, -0.1) is 11.3 Å². The third-order valence-corrected chi connectivity index (χ3v) is 10.8. The monoisotopic (exact) mass is 712 g/mol. The summed E-state index contributed by atoms with van der Waals surface area (Å²) in [5.41, 5.74) is 14.0. The van der Waals surface area contributed by atoms with E-state index in [1.54, 1.807) is 11.4 Å². The quantitative estimate of drug-likeness (QED) is 0.0709. The molecule has 2 aromatic carbocycles. The van der Waals surface area contributed by atoms with Crippen molar-refractivity contribution in [2.45, 2.75) is 49.6 Å². The normalized spacial score (nSPS) is 15.4. The summed E-state index contributed by atoms with van der Waals surface area (Å²) in [5, 5.41) is 13.7. The Morgan fingerprint density at radius 1 is 1.16 bits per heavy atom. The number of nitrogens with one attached hydrogen (secondary N) is 2. The highest BCUT2D eigenvalue weighted by Gasteiger charge is 2.31. The minimum absolute atomic E-state index is 0.00841. The van der Waals surface area contributed by atoms with Crippen molar-refractivity contribution >= 4 is 50.9 Å². The number of methoxy groups -OCH3 is 1. The van der Waals surface area contributed by atoms with Crippen LogP contribution >= 0.6 is 11.3 Å². The van der Waals surface area contributed by atoms with Gasteiger partial charge >= 0.3 is 11.9 Å². The molecule has 3 heterocycles. The lowest BCUT2D eigenvalue weighted by atomic mass is 9.94. The summed E-state index contributed by atoms with van der Waals surface area (Å²) >= 11 is 0.978. The Balaban J connectivity index is 1.36.